The minimum atomic E-state index is -0.878. The van der Waals surface area contributed by atoms with Gasteiger partial charge >= 0.3 is 6.03 Å². The van der Waals surface area contributed by atoms with Crippen molar-refractivity contribution in [2.24, 2.45) is 5.92 Å². The molecule has 0 spiro atoms. The standard InChI is InChI=1S/C15H25N3O3/c1-10-5-3-6-11(9-10)16-12(19)7-4-8-15(2)13(20)17-14(21)18-15/h10-11H,3-9H2,1-2H3,(H,16,19)(H2,17,18,20,21)/t10-,11+,15-/m1/s1. The summed E-state index contributed by atoms with van der Waals surface area (Å²) in [5.74, 6) is 0.414. The van der Waals surface area contributed by atoms with Crippen molar-refractivity contribution in [2.45, 2.75) is 70.4 Å². The number of hydrogen-bond acceptors (Lipinski definition) is 3. The molecule has 2 aliphatic rings. The highest BCUT2D eigenvalue weighted by atomic mass is 16.2. The van der Waals surface area contributed by atoms with Crippen molar-refractivity contribution in [1.82, 2.24) is 16.0 Å². The number of nitrogens with one attached hydrogen (secondary N) is 3. The van der Waals surface area contributed by atoms with Crippen LogP contribution in [0.15, 0.2) is 0 Å². The zero-order chi connectivity index (χ0) is 15.5. The molecule has 0 bridgehead atoms. The van der Waals surface area contributed by atoms with Crippen molar-refractivity contribution in [2.75, 3.05) is 0 Å². The number of carbonyl (C=O) groups excluding carboxylic acids is 3. The monoisotopic (exact) mass is 295 g/mol. The molecule has 3 N–H and O–H groups in total. The van der Waals surface area contributed by atoms with Gasteiger partial charge in [-0.3, -0.25) is 14.9 Å². The van der Waals surface area contributed by atoms with Crippen LogP contribution in [0.3, 0.4) is 0 Å². The summed E-state index contributed by atoms with van der Waals surface area (Å²) in [5.41, 5.74) is -0.878. The van der Waals surface area contributed by atoms with Gasteiger partial charge < -0.3 is 10.6 Å². The quantitative estimate of drug-likeness (QED) is 0.671. The van der Waals surface area contributed by atoms with Crippen molar-refractivity contribution >= 4 is 17.8 Å². The second-order valence-corrected chi connectivity index (χ2v) is 6.63. The maximum atomic E-state index is 11.9. The van der Waals surface area contributed by atoms with Gasteiger partial charge in [0.1, 0.15) is 5.54 Å². The van der Waals surface area contributed by atoms with Gasteiger partial charge in [0.25, 0.3) is 5.91 Å². The highest BCUT2D eigenvalue weighted by molar-refractivity contribution is 6.06. The van der Waals surface area contributed by atoms with Gasteiger partial charge in [0, 0.05) is 12.5 Å². The maximum absolute atomic E-state index is 11.9. The van der Waals surface area contributed by atoms with E-state index in [1.807, 2.05) is 0 Å². The minimum absolute atomic E-state index is 0.0439. The molecule has 3 atom stereocenters. The van der Waals surface area contributed by atoms with Crippen LogP contribution in [0.2, 0.25) is 0 Å². The van der Waals surface area contributed by atoms with Crippen LogP contribution in [-0.2, 0) is 9.59 Å². The Morgan fingerprint density at radius 3 is 2.76 bits per heavy atom. The summed E-state index contributed by atoms with van der Waals surface area (Å²) < 4.78 is 0. The first-order valence-corrected chi connectivity index (χ1v) is 7.82. The van der Waals surface area contributed by atoms with Crippen LogP contribution in [0.4, 0.5) is 4.79 Å². The predicted octanol–water partition coefficient (Wildman–Crippen LogP) is 1.45. The third-order valence-corrected chi connectivity index (χ3v) is 4.50. The first kappa shape index (κ1) is 15.8. The first-order chi connectivity index (χ1) is 9.89. The number of rotatable bonds is 5. The van der Waals surface area contributed by atoms with Crippen LogP contribution in [0.1, 0.15) is 58.8 Å². The smallest absolute Gasteiger partial charge is 0.322 e. The molecular weight excluding hydrogens is 270 g/mol. The first-order valence-electron chi connectivity index (χ1n) is 7.82. The van der Waals surface area contributed by atoms with E-state index in [2.05, 4.69) is 22.9 Å². The van der Waals surface area contributed by atoms with Gasteiger partial charge in [-0.15, -0.1) is 0 Å². The molecule has 4 amide bonds. The highest BCUT2D eigenvalue weighted by Gasteiger charge is 2.41. The summed E-state index contributed by atoms with van der Waals surface area (Å²) in [4.78, 5) is 34.7. The van der Waals surface area contributed by atoms with Gasteiger partial charge in [0.05, 0.1) is 0 Å². The van der Waals surface area contributed by atoms with Gasteiger partial charge in [-0.25, -0.2) is 4.79 Å². The fourth-order valence-electron chi connectivity index (χ4n) is 3.22. The lowest BCUT2D eigenvalue weighted by atomic mass is 9.87. The lowest BCUT2D eigenvalue weighted by molar-refractivity contribution is -0.125. The summed E-state index contributed by atoms with van der Waals surface area (Å²) >= 11 is 0. The van der Waals surface area contributed by atoms with Crippen LogP contribution >= 0.6 is 0 Å². The summed E-state index contributed by atoms with van der Waals surface area (Å²) in [6.45, 7) is 3.91. The molecule has 1 aliphatic heterocycles. The molecule has 1 aliphatic carbocycles. The van der Waals surface area contributed by atoms with Crippen molar-refractivity contribution < 1.29 is 14.4 Å². The number of amides is 4. The van der Waals surface area contributed by atoms with Gasteiger partial charge in [-0.05, 0) is 38.5 Å². The van der Waals surface area contributed by atoms with Gasteiger partial charge in [0.2, 0.25) is 5.91 Å². The van der Waals surface area contributed by atoms with E-state index < -0.39 is 11.6 Å². The molecule has 6 nitrogen and oxygen atoms in total. The molecule has 0 radical (unpaired) electrons. The molecule has 0 unspecified atom stereocenters. The van der Waals surface area contributed by atoms with E-state index in [1.54, 1.807) is 6.92 Å². The Labute approximate surface area is 125 Å². The maximum Gasteiger partial charge on any atom is 0.322 e. The van der Waals surface area contributed by atoms with E-state index in [0.29, 0.717) is 31.2 Å². The van der Waals surface area contributed by atoms with Crippen molar-refractivity contribution in [3.63, 3.8) is 0 Å². The van der Waals surface area contributed by atoms with Gasteiger partial charge in [0.15, 0.2) is 0 Å². The normalized spacial score (nSPS) is 32.5. The highest BCUT2D eigenvalue weighted by Crippen LogP contribution is 2.24. The third kappa shape index (κ3) is 4.19. The molecule has 2 rings (SSSR count). The van der Waals surface area contributed by atoms with Crippen LogP contribution in [0.5, 0.6) is 0 Å². The molecule has 2 fully saturated rings. The zero-order valence-electron chi connectivity index (χ0n) is 12.8. The van der Waals surface area contributed by atoms with Crippen LogP contribution in [-0.4, -0.2) is 29.4 Å². The average Bonchev–Trinajstić information content (AvgIpc) is 2.62. The van der Waals surface area contributed by atoms with E-state index in [1.165, 1.54) is 12.8 Å². The van der Waals surface area contributed by atoms with Crippen LogP contribution < -0.4 is 16.0 Å². The summed E-state index contributed by atoms with van der Waals surface area (Å²) in [6, 6.07) is -0.158. The Balaban J connectivity index is 1.69. The third-order valence-electron chi connectivity index (χ3n) is 4.50. The molecule has 21 heavy (non-hydrogen) atoms. The van der Waals surface area contributed by atoms with E-state index in [4.69, 9.17) is 0 Å². The van der Waals surface area contributed by atoms with Crippen LogP contribution in [0, 0.1) is 5.92 Å². The lowest BCUT2D eigenvalue weighted by Crippen LogP contribution is -2.44. The molecule has 1 heterocycles. The van der Waals surface area contributed by atoms with Gasteiger partial charge in [-0.1, -0.05) is 19.8 Å². The Kier molecular flexibility index (Phi) is 4.85. The Morgan fingerprint density at radius 2 is 2.14 bits per heavy atom. The second-order valence-electron chi connectivity index (χ2n) is 6.63. The lowest BCUT2D eigenvalue weighted by Gasteiger charge is -2.27. The largest absolute Gasteiger partial charge is 0.353 e. The van der Waals surface area contributed by atoms with Crippen molar-refractivity contribution in [3.05, 3.63) is 0 Å². The summed E-state index contributed by atoms with van der Waals surface area (Å²) in [6.07, 6.45) is 5.99. The number of imide groups is 1. The fraction of sp³-hybridized carbons (Fsp3) is 0.800. The average molecular weight is 295 g/mol. The predicted molar refractivity (Wildman–Crippen MR) is 78.5 cm³/mol. The Morgan fingerprint density at radius 1 is 1.38 bits per heavy atom. The second kappa shape index (κ2) is 6.45. The molecule has 0 aromatic carbocycles. The number of hydrogen-bond donors (Lipinski definition) is 3. The number of carbonyl (C=O) groups is 3. The molecule has 1 saturated heterocycles. The zero-order valence-corrected chi connectivity index (χ0v) is 12.8. The summed E-state index contributed by atoms with van der Waals surface area (Å²) in [5, 5.41) is 7.92. The summed E-state index contributed by atoms with van der Waals surface area (Å²) in [7, 11) is 0. The number of urea groups is 1. The Hall–Kier alpha value is -1.59. The minimum Gasteiger partial charge on any atom is -0.353 e. The molecule has 0 aromatic heterocycles. The van der Waals surface area contributed by atoms with E-state index >= 15 is 0 Å². The molecule has 6 heteroatoms. The molecule has 0 aromatic rings. The van der Waals surface area contributed by atoms with E-state index in [-0.39, 0.29) is 11.8 Å². The van der Waals surface area contributed by atoms with E-state index in [0.717, 1.165) is 12.8 Å². The fourth-order valence-corrected chi connectivity index (χ4v) is 3.22. The molecule has 118 valence electrons. The molecule has 1 saturated carbocycles. The SMILES string of the molecule is C[C@@H]1CCC[C@H](NC(=O)CCC[C@@]2(C)NC(=O)NC2=O)C1. The topological polar surface area (TPSA) is 87.3 Å². The van der Waals surface area contributed by atoms with Gasteiger partial charge in [-0.2, -0.15) is 0 Å². The van der Waals surface area contributed by atoms with Crippen molar-refractivity contribution in [3.8, 4) is 0 Å². The van der Waals surface area contributed by atoms with Crippen LogP contribution in [0.25, 0.3) is 0 Å². The Bertz CT molecular complexity index is 438. The molecular formula is C15H25N3O3. The van der Waals surface area contributed by atoms with E-state index in [9.17, 15) is 14.4 Å². The van der Waals surface area contributed by atoms with Crippen molar-refractivity contribution in [1.29, 1.82) is 0 Å².